The zero-order valence-corrected chi connectivity index (χ0v) is 16.4. The lowest BCUT2D eigenvalue weighted by Crippen LogP contribution is -2.58. The van der Waals surface area contributed by atoms with Crippen LogP contribution in [0.4, 0.5) is 4.79 Å². The van der Waals surface area contributed by atoms with Gasteiger partial charge in [-0.25, -0.2) is 4.79 Å². The Balaban J connectivity index is 1.31. The first-order valence-corrected chi connectivity index (χ1v) is 10.6. The quantitative estimate of drug-likeness (QED) is 0.743. The third-order valence-electron chi connectivity index (χ3n) is 7.56. The number of aromatic nitrogens is 1. The van der Waals surface area contributed by atoms with Gasteiger partial charge in [0.25, 0.3) is 0 Å². The van der Waals surface area contributed by atoms with Crippen molar-refractivity contribution in [1.29, 1.82) is 0 Å². The number of hydrogen-bond acceptors (Lipinski definition) is 5. The van der Waals surface area contributed by atoms with Gasteiger partial charge >= 0.3 is 12.1 Å². The number of pyridine rings is 1. The van der Waals surface area contributed by atoms with E-state index >= 15 is 0 Å². The van der Waals surface area contributed by atoms with Crippen molar-refractivity contribution in [2.24, 2.45) is 23.2 Å². The van der Waals surface area contributed by atoms with E-state index in [1.807, 2.05) is 23.1 Å². The molecule has 0 spiro atoms. The smallest absolute Gasteiger partial charge is 0.410 e. The zero-order chi connectivity index (χ0) is 19.3. The molecule has 4 aliphatic carbocycles. The van der Waals surface area contributed by atoms with Gasteiger partial charge < -0.3 is 9.47 Å². The average molecular weight is 384 g/mol. The molecule has 5 fully saturated rings. The molecule has 3 atom stereocenters. The summed E-state index contributed by atoms with van der Waals surface area (Å²) in [4.78, 5) is 31.8. The maximum Gasteiger partial charge on any atom is 0.410 e. The molecule has 6 heteroatoms. The number of likely N-dealkylation sites (tertiary alicyclic amines) is 1. The van der Waals surface area contributed by atoms with Gasteiger partial charge in [0.05, 0.1) is 24.3 Å². The van der Waals surface area contributed by atoms with Crippen molar-refractivity contribution in [3.63, 3.8) is 0 Å². The molecule has 1 amide bonds. The van der Waals surface area contributed by atoms with E-state index in [2.05, 4.69) is 4.98 Å². The second-order valence-electron chi connectivity index (χ2n) is 9.20. The molecule has 1 saturated heterocycles. The van der Waals surface area contributed by atoms with Gasteiger partial charge in [0.1, 0.15) is 6.10 Å². The van der Waals surface area contributed by atoms with Crippen LogP contribution >= 0.6 is 0 Å². The number of hydrogen-bond donors (Lipinski definition) is 0. The summed E-state index contributed by atoms with van der Waals surface area (Å²) in [6, 6.07) is 5.85. The highest BCUT2D eigenvalue weighted by atomic mass is 16.6. The predicted molar refractivity (Wildman–Crippen MR) is 101 cm³/mol. The van der Waals surface area contributed by atoms with E-state index in [1.54, 1.807) is 6.20 Å². The van der Waals surface area contributed by atoms with Crippen molar-refractivity contribution in [3.05, 3.63) is 30.1 Å². The summed E-state index contributed by atoms with van der Waals surface area (Å²) in [6.07, 6.45) is 8.08. The molecule has 5 aliphatic rings. The SMILES string of the molecule is COC(=O)[C@]12CC3CC(C1)[C@@H](OC(=O)N1CCCC1c1ccccn1)C(C3)C2. The van der Waals surface area contributed by atoms with Crippen LogP contribution < -0.4 is 0 Å². The van der Waals surface area contributed by atoms with E-state index in [0.29, 0.717) is 5.92 Å². The number of nitrogens with zero attached hydrogens (tertiary/aromatic N) is 2. The van der Waals surface area contributed by atoms with Gasteiger partial charge in [-0.2, -0.15) is 0 Å². The Morgan fingerprint density at radius 3 is 2.64 bits per heavy atom. The molecule has 2 heterocycles. The second-order valence-corrected chi connectivity index (χ2v) is 9.20. The Morgan fingerprint density at radius 2 is 1.96 bits per heavy atom. The van der Waals surface area contributed by atoms with Gasteiger partial charge in [-0.15, -0.1) is 0 Å². The molecular formula is C22H28N2O4. The van der Waals surface area contributed by atoms with Crippen LogP contribution in [0.2, 0.25) is 0 Å². The first-order chi connectivity index (χ1) is 13.6. The van der Waals surface area contributed by atoms with E-state index in [4.69, 9.17) is 9.47 Å². The molecule has 0 N–H and O–H groups in total. The fourth-order valence-electron chi connectivity index (χ4n) is 6.69. The molecular weight excluding hydrogens is 356 g/mol. The minimum absolute atomic E-state index is 0.00643. The highest BCUT2D eigenvalue weighted by Gasteiger charge is 2.60. The molecule has 0 aromatic carbocycles. The van der Waals surface area contributed by atoms with Gasteiger partial charge in [-0.3, -0.25) is 14.7 Å². The molecule has 4 bridgehead atoms. The van der Waals surface area contributed by atoms with E-state index in [-0.39, 0.29) is 41.5 Å². The van der Waals surface area contributed by atoms with Crippen molar-refractivity contribution in [2.75, 3.05) is 13.7 Å². The minimum atomic E-state index is -0.335. The van der Waals surface area contributed by atoms with Crippen molar-refractivity contribution in [1.82, 2.24) is 9.88 Å². The van der Waals surface area contributed by atoms with Crippen LogP contribution in [0.3, 0.4) is 0 Å². The maximum atomic E-state index is 13.1. The normalized spacial score (nSPS) is 38.5. The van der Waals surface area contributed by atoms with Gasteiger partial charge in [-0.05, 0) is 74.8 Å². The number of esters is 1. The summed E-state index contributed by atoms with van der Waals surface area (Å²) in [5.41, 5.74) is 0.602. The molecule has 0 radical (unpaired) electrons. The molecule has 6 rings (SSSR count). The third-order valence-corrected chi connectivity index (χ3v) is 7.56. The van der Waals surface area contributed by atoms with Crippen LogP contribution in [0.5, 0.6) is 0 Å². The van der Waals surface area contributed by atoms with Crippen LogP contribution in [0, 0.1) is 23.2 Å². The molecule has 6 nitrogen and oxygen atoms in total. The van der Waals surface area contributed by atoms with Gasteiger partial charge in [0.2, 0.25) is 0 Å². The Bertz CT molecular complexity index is 751. The fourth-order valence-corrected chi connectivity index (χ4v) is 6.69. The Hall–Kier alpha value is -2.11. The summed E-state index contributed by atoms with van der Waals surface area (Å²) < 4.78 is 11.3. The molecule has 1 aromatic rings. The monoisotopic (exact) mass is 384 g/mol. The van der Waals surface area contributed by atoms with Gasteiger partial charge in [0.15, 0.2) is 0 Å². The van der Waals surface area contributed by atoms with Gasteiger partial charge in [-0.1, -0.05) is 6.07 Å². The zero-order valence-electron chi connectivity index (χ0n) is 16.4. The minimum Gasteiger partial charge on any atom is -0.469 e. The number of rotatable bonds is 3. The van der Waals surface area contributed by atoms with E-state index in [0.717, 1.165) is 57.2 Å². The second kappa shape index (κ2) is 6.75. The lowest BCUT2D eigenvalue weighted by molar-refractivity contribution is -0.182. The van der Waals surface area contributed by atoms with Crippen LogP contribution in [0.25, 0.3) is 0 Å². The predicted octanol–water partition coefficient (Wildman–Crippen LogP) is 3.72. The van der Waals surface area contributed by atoms with Crippen LogP contribution in [-0.2, 0) is 14.3 Å². The van der Waals surface area contributed by atoms with Crippen molar-refractivity contribution in [3.8, 4) is 0 Å². The van der Waals surface area contributed by atoms with Crippen LogP contribution in [-0.4, -0.2) is 41.7 Å². The Labute approximate surface area is 165 Å². The Kier molecular flexibility index (Phi) is 4.33. The van der Waals surface area contributed by atoms with E-state index in [9.17, 15) is 9.59 Å². The van der Waals surface area contributed by atoms with E-state index in [1.165, 1.54) is 7.11 Å². The van der Waals surface area contributed by atoms with Crippen molar-refractivity contribution in [2.45, 2.75) is 57.1 Å². The highest BCUT2D eigenvalue weighted by molar-refractivity contribution is 5.77. The molecule has 1 aliphatic heterocycles. The number of carbonyl (C=O) groups excluding carboxylic acids is 2. The van der Waals surface area contributed by atoms with Crippen molar-refractivity contribution >= 4 is 12.1 Å². The number of carbonyl (C=O) groups is 2. The molecule has 4 saturated carbocycles. The standard InChI is InChI=1S/C22H28N2O4/c1-27-20(25)22-11-14-9-15(12-22)19(16(10-14)13-22)28-21(26)24-8-4-6-18(24)17-5-2-3-7-23-17/h2-3,5,7,14-16,18-19H,4,6,8-13H2,1H3/t14?,15?,16?,18?,19-,22-. The van der Waals surface area contributed by atoms with E-state index < -0.39 is 0 Å². The first-order valence-electron chi connectivity index (χ1n) is 10.6. The van der Waals surface area contributed by atoms with Crippen LogP contribution in [0.15, 0.2) is 24.4 Å². The van der Waals surface area contributed by atoms with Crippen LogP contribution in [0.1, 0.15) is 56.7 Å². The maximum absolute atomic E-state index is 13.1. The molecule has 28 heavy (non-hydrogen) atoms. The fraction of sp³-hybridized carbons (Fsp3) is 0.682. The molecule has 1 aromatic heterocycles. The summed E-state index contributed by atoms with van der Waals surface area (Å²) in [6.45, 7) is 0.719. The van der Waals surface area contributed by atoms with Gasteiger partial charge in [0, 0.05) is 12.7 Å². The number of ether oxygens (including phenoxy) is 2. The number of methoxy groups -OCH3 is 1. The molecule has 150 valence electrons. The lowest BCUT2D eigenvalue weighted by Gasteiger charge is -2.57. The summed E-state index contributed by atoms with van der Waals surface area (Å²) in [5.74, 6) is 1.07. The third kappa shape index (κ3) is 2.80. The first kappa shape index (κ1) is 18.0. The topological polar surface area (TPSA) is 68.7 Å². The summed E-state index contributed by atoms with van der Waals surface area (Å²) >= 11 is 0. The largest absolute Gasteiger partial charge is 0.469 e. The summed E-state index contributed by atoms with van der Waals surface area (Å²) in [7, 11) is 1.49. The number of amides is 1. The summed E-state index contributed by atoms with van der Waals surface area (Å²) in [5, 5.41) is 0. The molecule has 3 unspecified atom stereocenters. The average Bonchev–Trinajstić information content (AvgIpc) is 3.20. The highest BCUT2D eigenvalue weighted by Crippen LogP contribution is 2.61. The van der Waals surface area contributed by atoms with Crippen molar-refractivity contribution < 1.29 is 19.1 Å². The lowest BCUT2D eigenvalue weighted by atomic mass is 9.48. The Morgan fingerprint density at radius 1 is 1.18 bits per heavy atom.